The van der Waals surface area contributed by atoms with Crippen molar-refractivity contribution in [1.29, 1.82) is 0 Å². The predicted octanol–water partition coefficient (Wildman–Crippen LogP) is 9.05. The third-order valence-electron chi connectivity index (χ3n) is 10.8. The molecule has 2 aliphatic heterocycles. The van der Waals surface area contributed by atoms with Crippen molar-refractivity contribution in [3.8, 4) is 34.3 Å². The van der Waals surface area contributed by atoms with Gasteiger partial charge in [0, 0.05) is 40.2 Å². The van der Waals surface area contributed by atoms with Crippen molar-refractivity contribution in [3.63, 3.8) is 0 Å². The van der Waals surface area contributed by atoms with Gasteiger partial charge >= 0.3 is 6.01 Å². The molecule has 3 atom stereocenters. The van der Waals surface area contributed by atoms with Gasteiger partial charge in [0.25, 0.3) is 0 Å². The van der Waals surface area contributed by atoms with Crippen molar-refractivity contribution < 1.29 is 13.9 Å². The number of nitrogens with zero attached hydrogens (tertiary/aromatic N) is 6. The largest absolute Gasteiger partial charge is 0.472 e. The van der Waals surface area contributed by atoms with Gasteiger partial charge in [-0.05, 0) is 114 Å². The Morgan fingerprint density at radius 1 is 1.10 bits per heavy atom. The maximum atomic E-state index is 12.6. The van der Waals surface area contributed by atoms with Crippen LogP contribution in [0, 0.1) is 0 Å². The molecule has 252 valence electrons. The summed E-state index contributed by atoms with van der Waals surface area (Å²) in [6.07, 6.45) is 11.4. The molecule has 3 aliphatic carbocycles. The van der Waals surface area contributed by atoms with Crippen LogP contribution in [0.2, 0.25) is 5.02 Å². The van der Waals surface area contributed by atoms with Crippen LogP contribution in [0.25, 0.3) is 33.3 Å². The van der Waals surface area contributed by atoms with Gasteiger partial charge < -0.3 is 9.47 Å². The van der Waals surface area contributed by atoms with Gasteiger partial charge in [-0.2, -0.15) is 15.1 Å². The van der Waals surface area contributed by atoms with Crippen LogP contribution in [-0.2, 0) is 12.0 Å². The van der Waals surface area contributed by atoms with E-state index in [0.29, 0.717) is 43.4 Å². The molecule has 5 heterocycles. The molecule has 0 N–H and O–H groups in total. The van der Waals surface area contributed by atoms with Gasteiger partial charge in [0.1, 0.15) is 12.8 Å². The van der Waals surface area contributed by atoms with Crippen LogP contribution >= 0.6 is 40.0 Å². The minimum absolute atomic E-state index is 0.244. The molecule has 2 saturated heterocycles. The van der Waals surface area contributed by atoms with Crippen LogP contribution in [0.4, 0.5) is 4.39 Å². The first-order valence-electron chi connectivity index (χ1n) is 17.1. The Balaban J connectivity index is 0.000000312. The highest BCUT2D eigenvalue weighted by molar-refractivity contribution is 14.2. The average Bonchev–Trinajstić information content (AvgIpc) is 3.97. The van der Waals surface area contributed by atoms with Crippen LogP contribution < -0.4 is 9.47 Å². The summed E-state index contributed by atoms with van der Waals surface area (Å²) in [6.45, 7) is 2.26. The lowest BCUT2D eigenvalue weighted by atomic mass is 9.88. The molecule has 49 heavy (non-hydrogen) atoms. The molecule has 3 aromatic heterocycles. The average molecular weight is 809 g/mol. The summed E-state index contributed by atoms with van der Waals surface area (Å²) in [7, 11) is 1.60. The van der Waals surface area contributed by atoms with E-state index >= 15 is 0 Å². The summed E-state index contributed by atoms with van der Waals surface area (Å²) in [5.74, 6) is 0.990. The molecule has 2 aromatic carbocycles. The molecule has 0 amide bonds. The SMILES string of the molecule is COc1nc(OCc2ccccc2)c2c(n1)C1(CC1)c1c-2ccnc1-c1c(C2CC2)c(Cl)cc2c1cnn2PI.FC1CC2CCCN2C1. The molecule has 3 unspecified atom stereocenters. The molecule has 4 fully saturated rings. The lowest BCUT2D eigenvalue weighted by Gasteiger charge is -2.19. The lowest BCUT2D eigenvalue weighted by Crippen LogP contribution is -2.22. The monoisotopic (exact) mass is 808 g/mol. The molecule has 8 nitrogen and oxygen atoms in total. The van der Waals surface area contributed by atoms with E-state index in [2.05, 4.69) is 51.2 Å². The molecule has 12 heteroatoms. The maximum absolute atomic E-state index is 12.6. The minimum Gasteiger partial charge on any atom is -0.472 e. The molecule has 0 bridgehead atoms. The van der Waals surface area contributed by atoms with Crippen molar-refractivity contribution in [2.75, 3.05) is 20.2 Å². The van der Waals surface area contributed by atoms with Crippen LogP contribution in [0.3, 0.4) is 0 Å². The second kappa shape index (κ2) is 12.7. The lowest BCUT2D eigenvalue weighted by molar-refractivity contribution is 0.285. The number of benzene rings is 2. The van der Waals surface area contributed by atoms with Gasteiger partial charge in [-0.15, -0.1) is 0 Å². The smallest absolute Gasteiger partial charge is 0.319 e. The second-order valence-corrected chi connectivity index (χ2v) is 16.2. The number of fused-ring (bicyclic) bond motifs is 7. The molecule has 5 aliphatic rings. The first-order chi connectivity index (χ1) is 24.0. The highest BCUT2D eigenvalue weighted by Crippen LogP contribution is 2.66. The highest BCUT2D eigenvalue weighted by atomic mass is 127. The van der Waals surface area contributed by atoms with Crippen molar-refractivity contribution in [2.24, 2.45) is 0 Å². The number of pyridine rings is 1. The summed E-state index contributed by atoms with van der Waals surface area (Å²) in [6, 6.07) is 15.2. The fraction of sp³-hybridized carbons (Fsp3) is 0.405. The number of hydrogen-bond donors (Lipinski definition) is 0. The van der Waals surface area contributed by atoms with Crippen molar-refractivity contribution in [2.45, 2.75) is 75.1 Å². The first kappa shape index (κ1) is 32.0. The molecule has 1 spiro atoms. The number of rotatable bonds is 7. The van der Waals surface area contributed by atoms with Crippen molar-refractivity contribution >= 4 is 50.9 Å². The Hall–Kier alpha value is -2.92. The zero-order valence-electron chi connectivity index (χ0n) is 27.1. The second-order valence-electron chi connectivity index (χ2n) is 13.8. The summed E-state index contributed by atoms with van der Waals surface area (Å²) in [5, 5.41) is 6.62. The standard InChI is InChI=1S/C30H24ClIN5O2P.C7H12FN/c1-38-29-35-27-24(28(36-29)39-15-16-5-3-2-4-6-16)18-9-12-33-26(25(18)30(27)10-11-30)23-19-14-34-37(40-32)21(19)13-20(31)22(23)17-7-8-17;8-6-4-7-2-1-3-9(7)5-6/h2-6,9,12-14,17,40H,7-8,10-11,15H2,1H3;6-7H,1-5H2. The van der Waals surface area contributed by atoms with Crippen LogP contribution in [0.5, 0.6) is 11.9 Å². The molecule has 5 aromatic rings. The number of methoxy groups -OCH3 is 1. The topological polar surface area (TPSA) is 78.2 Å². The number of alkyl halides is 1. The van der Waals surface area contributed by atoms with E-state index in [4.69, 9.17) is 41.1 Å². The van der Waals surface area contributed by atoms with Gasteiger partial charge in [-0.25, -0.2) is 8.84 Å². The summed E-state index contributed by atoms with van der Waals surface area (Å²) >= 11 is 9.41. The van der Waals surface area contributed by atoms with Crippen molar-refractivity contribution in [3.05, 3.63) is 82.3 Å². The molecule has 2 saturated carbocycles. The Bertz CT molecular complexity index is 2060. The van der Waals surface area contributed by atoms with E-state index in [1.807, 2.05) is 35.0 Å². The third kappa shape index (κ3) is 5.52. The van der Waals surface area contributed by atoms with Crippen LogP contribution in [0.1, 0.15) is 73.2 Å². The van der Waals surface area contributed by atoms with Gasteiger partial charge in [0.15, 0.2) is 0 Å². The summed E-state index contributed by atoms with van der Waals surface area (Å²) in [4.78, 5) is 17.0. The number of hydrogen-bond acceptors (Lipinski definition) is 7. The quantitative estimate of drug-likeness (QED) is 0.120. The van der Waals surface area contributed by atoms with E-state index in [1.165, 1.54) is 24.0 Å². The zero-order chi connectivity index (χ0) is 33.3. The van der Waals surface area contributed by atoms with Gasteiger partial charge in [-0.3, -0.25) is 9.88 Å². The van der Waals surface area contributed by atoms with E-state index in [9.17, 15) is 4.39 Å². The minimum atomic E-state index is -0.518. The predicted molar refractivity (Wildman–Crippen MR) is 200 cm³/mol. The van der Waals surface area contributed by atoms with Crippen LogP contribution in [-0.4, -0.2) is 61.8 Å². The summed E-state index contributed by atoms with van der Waals surface area (Å²) in [5.41, 5.74) is 9.38. The number of halogens is 3. The van der Waals surface area contributed by atoms with Gasteiger partial charge in [0.05, 0.1) is 42.1 Å². The van der Waals surface area contributed by atoms with E-state index in [-0.39, 0.29) is 5.41 Å². The molecular formula is C37H36ClFIN6O2P. The fourth-order valence-electron chi connectivity index (χ4n) is 8.28. The molecule has 10 rings (SSSR count). The Morgan fingerprint density at radius 3 is 2.67 bits per heavy atom. The summed E-state index contributed by atoms with van der Waals surface area (Å²) < 4.78 is 26.6. The zero-order valence-corrected chi connectivity index (χ0v) is 31.0. The highest BCUT2D eigenvalue weighted by Gasteiger charge is 2.57. The molecular weight excluding hydrogens is 773 g/mol. The number of ether oxygens (including phenoxy) is 2. The van der Waals surface area contributed by atoms with E-state index < -0.39 is 6.17 Å². The molecule has 0 radical (unpaired) electrons. The van der Waals surface area contributed by atoms with Gasteiger partial charge in [-0.1, -0.05) is 41.9 Å². The Morgan fingerprint density at radius 2 is 1.94 bits per heavy atom. The van der Waals surface area contributed by atoms with Gasteiger partial charge in [0.2, 0.25) is 5.88 Å². The third-order valence-corrected chi connectivity index (χ3v) is 13.0. The first-order valence-corrected chi connectivity index (χ1v) is 21.5. The van der Waals surface area contributed by atoms with Crippen molar-refractivity contribution in [1.82, 2.24) is 29.4 Å². The Kier molecular flexibility index (Phi) is 8.29. The van der Waals surface area contributed by atoms with Crippen LogP contribution in [0.15, 0.2) is 54.9 Å². The maximum Gasteiger partial charge on any atom is 0.319 e. The van der Waals surface area contributed by atoms with E-state index in [1.54, 1.807) is 7.11 Å². The van der Waals surface area contributed by atoms with E-state index in [0.717, 1.165) is 88.2 Å². The normalized spacial score (nSPS) is 21.6. The number of aromatic nitrogens is 5. The fourth-order valence-corrected chi connectivity index (χ4v) is 10.2. The Labute approximate surface area is 304 Å².